The highest BCUT2D eigenvalue weighted by molar-refractivity contribution is 5.90. The van der Waals surface area contributed by atoms with Gasteiger partial charge in [-0.1, -0.05) is 30.3 Å². The first-order valence-electron chi connectivity index (χ1n) is 9.27. The topological polar surface area (TPSA) is 68.5 Å². The van der Waals surface area contributed by atoms with Gasteiger partial charge in [-0.05, 0) is 24.1 Å². The second-order valence-corrected chi connectivity index (χ2v) is 6.94. The van der Waals surface area contributed by atoms with E-state index in [0.29, 0.717) is 6.04 Å². The first-order chi connectivity index (χ1) is 13.4. The Bertz CT molecular complexity index is 1070. The van der Waals surface area contributed by atoms with Gasteiger partial charge in [-0.25, -0.2) is 0 Å². The Hall–Kier alpha value is -3.28. The van der Waals surface area contributed by atoms with E-state index >= 15 is 0 Å². The Morgan fingerprint density at radius 3 is 2.89 bits per heavy atom. The molecule has 0 amide bonds. The van der Waals surface area contributed by atoms with E-state index in [-0.39, 0.29) is 0 Å². The normalized spacial score (nSPS) is 16.2. The van der Waals surface area contributed by atoms with Crippen molar-refractivity contribution in [2.45, 2.75) is 31.8 Å². The lowest BCUT2D eigenvalue weighted by molar-refractivity contribution is 0.467. The SMILES string of the molecule is c1ccc(Cc2nnc3n2CC(Nc2ccnc4ccncc24)CC3)cc1. The summed E-state index contributed by atoms with van der Waals surface area (Å²) in [6.45, 7) is 0.870. The monoisotopic (exact) mass is 356 g/mol. The molecule has 4 heterocycles. The number of pyridine rings is 2. The van der Waals surface area contributed by atoms with Crippen molar-refractivity contribution in [3.8, 4) is 0 Å². The maximum absolute atomic E-state index is 4.45. The molecule has 0 spiro atoms. The molecule has 1 aliphatic rings. The molecule has 0 saturated heterocycles. The summed E-state index contributed by atoms with van der Waals surface area (Å²) in [5.41, 5.74) is 3.30. The summed E-state index contributed by atoms with van der Waals surface area (Å²) in [6, 6.07) is 14.7. The minimum Gasteiger partial charge on any atom is -0.380 e. The van der Waals surface area contributed by atoms with Crippen molar-refractivity contribution in [1.82, 2.24) is 24.7 Å². The zero-order valence-electron chi connectivity index (χ0n) is 14.9. The number of nitrogens with zero attached hydrogens (tertiary/aromatic N) is 5. The zero-order valence-corrected chi connectivity index (χ0v) is 14.9. The summed E-state index contributed by atoms with van der Waals surface area (Å²) >= 11 is 0. The fourth-order valence-electron chi connectivity index (χ4n) is 3.74. The van der Waals surface area contributed by atoms with Crippen LogP contribution in [0.1, 0.15) is 23.6 Å². The van der Waals surface area contributed by atoms with Crippen LogP contribution in [0.25, 0.3) is 10.9 Å². The molecule has 27 heavy (non-hydrogen) atoms. The smallest absolute Gasteiger partial charge is 0.137 e. The number of hydrogen-bond acceptors (Lipinski definition) is 5. The van der Waals surface area contributed by atoms with Crippen molar-refractivity contribution in [3.63, 3.8) is 0 Å². The van der Waals surface area contributed by atoms with Crippen LogP contribution in [0, 0.1) is 0 Å². The van der Waals surface area contributed by atoms with Gasteiger partial charge in [0.25, 0.3) is 0 Å². The quantitative estimate of drug-likeness (QED) is 0.608. The largest absolute Gasteiger partial charge is 0.380 e. The molecule has 5 rings (SSSR count). The van der Waals surface area contributed by atoms with E-state index in [4.69, 9.17) is 0 Å². The van der Waals surface area contributed by atoms with E-state index in [2.05, 4.69) is 54.3 Å². The van der Waals surface area contributed by atoms with E-state index in [1.165, 1.54) is 5.56 Å². The average molecular weight is 356 g/mol. The van der Waals surface area contributed by atoms with Gasteiger partial charge in [0.05, 0.1) is 5.52 Å². The molecule has 1 aromatic carbocycles. The molecule has 3 aromatic heterocycles. The van der Waals surface area contributed by atoms with Crippen LogP contribution >= 0.6 is 0 Å². The van der Waals surface area contributed by atoms with Gasteiger partial charge in [-0.3, -0.25) is 9.97 Å². The van der Waals surface area contributed by atoms with Crippen LogP contribution < -0.4 is 5.32 Å². The van der Waals surface area contributed by atoms with Gasteiger partial charge in [0.2, 0.25) is 0 Å². The zero-order chi connectivity index (χ0) is 18.1. The highest BCUT2D eigenvalue weighted by Crippen LogP contribution is 2.24. The maximum atomic E-state index is 4.45. The lowest BCUT2D eigenvalue weighted by atomic mass is 10.1. The predicted molar refractivity (Wildman–Crippen MR) is 105 cm³/mol. The van der Waals surface area contributed by atoms with Crippen LogP contribution in [0.2, 0.25) is 0 Å². The molecule has 0 aliphatic carbocycles. The van der Waals surface area contributed by atoms with Crippen molar-refractivity contribution < 1.29 is 0 Å². The van der Waals surface area contributed by atoms with Gasteiger partial charge >= 0.3 is 0 Å². The van der Waals surface area contributed by atoms with Crippen molar-refractivity contribution in [2.75, 3.05) is 5.32 Å². The first-order valence-corrected chi connectivity index (χ1v) is 9.27. The van der Waals surface area contributed by atoms with Gasteiger partial charge in [0, 0.05) is 55.1 Å². The lowest BCUT2D eigenvalue weighted by Gasteiger charge is -2.26. The van der Waals surface area contributed by atoms with Crippen molar-refractivity contribution in [1.29, 1.82) is 0 Å². The lowest BCUT2D eigenvalue weighted by Crippen LogP contribution is -2.32. The molecule has 134 valence electrons. The number of fused-ring (bicyclic) bond motifs is 2. The minimum atomic E-state index is 0.328. The van der Waals surface area contributed by atoms with E-state index < -0.39 is 0 Å². The van der Waals surface area contributed by atoms with Crippen molar-refractivity contribution >= 4 is 16.6 Å². The fraction of sp³-hybridized carbons (Fsp3) is 0.238. The van der Waals surface area contributed by atoms with Crippen molar-refractivity contribution in [3.05, 3.63) is 78.3 Å². The number of anilines is 1. The molecule has 6 heteroatoms. The highest BCUT2D eigenvalue weighted by Gasteiger charge is 2.23. The van der Waals surface area contributed by atoms with Crippen LogP contribution in [0.15, 0.2) is 61.1 Å². The van der Waals surface area contributed by atoms with Crippen LogP contribution in [-0.4, -0.2) is 30.8 Å². The molecule has 0 saturated carbocycles. The average Bonchev–Trinajstić information content (AvgIpc) is 3.11. The number of rotatable bonds is 4. The molecule has 6 nitrogen and oxygen atoms in total. The molecule has 4 aromatic rings. The summed E-state index contributed by atoms with van der Waals surface area (Å²) in [5.74, 6) is 2.11. The summed E-state index contributed by atoms with van der Waals surface area (Å²) in [4.78, 5) is 8.67. The van der Waals surface area contributed by atoms with Crippen LogP contribution in [0.5, 0.6) is 0 Å². The Labute approximate surface area is 157 Å². The van der Waals surface area contributed by atoms with Gasteiger partial charge in [-0.15, -0.1) is 10.2 Å². The van der Waals surface area contributed by atoms with Crippen LogP contribution in [-0.2, 0) is 19.4 Å². The Balaban J connectivity index is 1.38. The van der Waals surface area contributed by atoms with Gasteiger partial charge in [0.1, 0.15) is 11.6 Å². The van der Waals surface area contributed by atoms with Crippen LogP contribution in [0.3, 0.4) is 0 Å². The summed E-state index contributed by atoms with van der Waals surface area (Å²) < 4.78 is 2.27. The summed E-state index contributed by atoms with van der Waals surface area (Å²) in [6.07, 6.45) is 8.27. The molecular formula is C21H20N6. The molecule has 0 fully saturated rings. The predicted octanol–water partition coefficient (Wildman–Crippen LogP) is 3.24. The Morgan fingerprint density at radius 2 is 1.96 bits per heavy atom. The maximum Gasteiger partial charge on any atom is 0.137 e. The number of aryl methyl sites for hydroxylation is 1. The molecule has 0 radical (unpaired) electrons. The number of hydrogen-bond donors (Lipinski definition) is 1. The third kappa shape index (κ3) is 3.14. The third-order valence-electron chi connectivity index (χ3n) is 5.13. The molecule has 1 atom stereocenters. The van der Waals surface area contributed by atoms with E-state index in [0.717, 1.165) is 54.0 Å². The Morgan fingerprint density at radius 1 is 1.04 bits per heavy atom. The summed E-state index contributed by atoms with van der Waals surface area (Å²) in [5, 5.41) is 13.6. The van der Waals surface area contributed by atoms with Gasteiger partial charge in [0.15, 0.2) is 0 Å². The second kappa shape index (κ2) is 6.79. The second-order valence-electron chi connectivity index (χ2n) is 6.94. The van der Waals surface area contributed by atoms with Gasteiger partial charge < -0.3 is 9.88 Å². The molecule has 1 unspecified atom stereocenters. The van der Waals surface area contributed by atoms with Gasteiger partial charge in [-0.2, -0.15) is 0 Å². The molecular weight excluding hydrogens is 336 g/mol. The molecule has 0 bridgehead atoms. The molecule has 1 aliphatic heterocycles. The number of benzene rings is 1. The fourth-order valence-corrected chi connectivity index (χ4v) is 3.74. The number of aromatic nitrogens is 5. The summed E-state index contributed by atoms with van der Waals surface area (Å²) in [7, 11) is 0. The van der Waals surface area contributed by atoms with Crippen LogP contribution in [0.4, 0.5) is 5.69 Å². The first kappa shape index (κ1) is 15.9. The highest BCUT2D eigenvalue weighted by atomic mass is 15.3. The minimum absolute atomic E-state index is 0.328. The third-order valence-corrected chi connectivity index (χ3v) is 5.13. The van der Waals surface area contributed by atoms with E-state index in [9.17, 15) is 0 Å². The van der Waals surface area contributed by atoms with Crippen molar-refractivity contribution in [2.24, 2.45) is 0 Å². The van der Waals surface area contributed by atoms with E-state index in [1.807, 2.05) is 30.6 Å². The Kier molecular flexibility index (Phi) is 4.01. The standard InChI is InChI=1S/C21H20N6/c1-2-4-15(5-3-1)12-21-26-25-20-7-6-16(14-27(20)21)24-19-9-11-23-18-8-10-22-13-17(18)19/h1-5,8-11,13,16H,6-7,12,14H2,(H,23,24). The number of nitrogens with one attached hydrogen (secondary N) is 1. The molecule has 1 N–H and O–H groups in total. The van der Waals surface area contributed by atoms with E-state index in [1.54, 1.807) is 6.20 Å².